The van der Waals surface area contributed by atoms with Gasteiger partial charge < -0.3 is 14.3 Å². The molecule has 1 atom stereocenters. The van der Waals surface area contributed by atoms with E-state index in [0.717, 1.165) is 11.1 Å². The Bertz CT molecular complexity index is 883. The summed E-state index contributed by atoms with van der Waals surface area (Å²) in [6.45, 7) is 4.00. The van der Waals surface area contributed by atoms with Gasteiger partial charge >= 0.3 is 5.63 Å². The maximum absolute atomic E-state index is 11.8. The highest BCUT2D eigenvalue weighted by Gasteiger charge is 2.32. The van der Waals surface area contributed by atoms with Gasteiger partial charge in [-0.25, -0.2) is 4.79 Å². The minimum Gasteiger partial charge on any atom is -0.508 e. The molecule has 0 spiro atoms. The minimum absolute atomic E-state index is 0.160. The van der Waals surface area contributed by atoms with Crippen LogP contribution in [0.25, 0.3) is 16.9 Å². The standard InChI is InChI=1S/C18H12O4.C2H6/c19-12-8-6-11(7-9-12)18-17-13-4-2-1-3-5-14(13)21-15(17)10-16(20)22-18;1-2/h1-10,14,19H;1-2H3. The second kappa shape index (κ2) is 6.62. The predicted octanol–water partition coefficient (Wildman–Crippen LogP) is 4.31. The van der Waals surface area contributed by atoms with E-state index in [1.807, 2.05) is 44.2 Å². The Morgan fingerprint density at radius 3 is 2.54 bits per heavy atom. The Hall–Kier alpha value is -3.01. The molecule has 122 valence electrons. The first-order chi connectivity index (χ1) is 11.7. The third-order valence-electron chi connectivity index (χ3n) is 3.69. The van der Waals surface area contributed by atoms with Gasteiger partial charge in [0.25, 0.3) is 0 Å². The van der Waals surface area contributed by atoms with E-state index in [-0.39, 0.29) is 11.9 Å². The first-order valence-electron chi connectivity index (χ1n) is 7.92. The summed E-state index contributed by atoms with van der Waals surface area (Å²) in [5.41, 5.74) is 1.99. The number of aromatic hydroxyl groups is 1. The van der Waals surface area contributed by atoms with Crippen molar-refractivity contribution in [1.29, 1.82) is 0 Å². The molecule has 2 aromatic rings. The maximum Gasteiger partial charge on any atom is 0.339 e. The molecule has 1 aromatic heterocycles. The molecule has 1 N–H and O–H groups in total. The van der Waals surface area contributed by atoms with Crippen LogP contribution >= 0.6 is 0 Å². The molecule has 1 aliphatic heterocycles. The molecule has 0 fully saturated rings. The van der Waals surface area contributed by atoms with Crippen molar-refractivity contribution in [3.63, 3.8) is 0 Å². The Kier molecular flexibility index (Phi) is 4.38. The van der Waals surface area contributed by atoms with Gasteiger partial charge in [0, 0.05) is 11.1 Å². The Labute approximate surface area is 140 Å². The predicted molar refractivity (Wildman–Crippen MR) is 94.1 cm³/mol. The van der Waals surface area contributed by atoms with Crippen LogP contribution in [-0.2, 0) is 0 Å². The van der Waals surface area contributed by atoms with Gasteiger partial charge in [0.1, 0.15) is 23.4 Å². The zero-order valence-electron chi connectivity index (χ0n) is 13.5. The van der Waals surface area contributed by atoms with Crippen molar-refractivity contribution in [2.75, 3.05) is 0 Å². The zero-order valence-corrected chi connectivity index (χ0v) is 13.5. The molecule has 24 heavy (non-hydrogen) atoms. The summed E-state index contributed by atoms with van der Waals surface area (Å²) in [4.78, 5) is 11.8. The third kappa shape index (κ3) is 2.78. The third-order valence-corrected chi connectivity index (χ3v) is 3.69. The van der Waals surface area contributed by atoms with Crippen molar-refractivity contribution in [3.8, 4) is 22.8 Å². The van der Waals surface area contributed by atoms with Gasteiger partial charge in [0.2, 0.25) is 0 Å². The molecule has 0 bridgehead atoms. The number of fused-ring (bicyclic) bond motifs is 3. The van der Waals surface area contributed by atoms with Crippen LogP contribution in [0.2, 0.25) is 0 Å². The molecule has 0 amide bonds. The van der Waals surface area contributed by atoms with E-state index in [2.05, 4.69) is 0 Å². The minimum atomic E-state index is -0.460. The zero-order chi connectivity index (χ0) is 17.1. The molecule has 0 saturated carbocycles. The number of benzene rings is 1. The first kappa shape index (κ1) is 15.9. The van der Waals surface area contributed by atoms with E-state index in [4.69, 9.17) is 9.15 Å². The van der Waals surface area contributed by atoms with Crippen LogP contribution < -0.4 is 10.4 Å². The van der Waals surface area contributed by atoms with Crippen LogP contribution in [0.15, 0.2) is 69.9 Å². The number of hydrogen-bond donors (Lipinski definition) is 1. The van der Waals surface area contributed by atoms with Crippen LogP contribution in [0.3, 0.4) is 0 Å². The van der Waals surface area contributed by atoms with Crippen LogP contribution in [-0.4, -0.2) is 11.2 Å². The highest BCUT2D eigenvalue weighted by atomic mass is 16.5. The van der Waals surface area contributed by atoms with Crippen LogP contribution in [0.5, 0.6) is 11.5 Å². The largest absolute Gasteiger partial charge is 0.508 e. The van der Waals surface area contributed by atoms with Crippen molar-refractivity contribution in [3.05, 3.63) is 76.7 Å². The number of hydrogen-bond acceptors (Lipinski definition) is 4. The highest BCUT2D eigenvalue weighted by molar-refractivity contribution is 5.87. The summed E-state index contributed by atoms with van der Waals surface area (Å²) in [5, 5.41) is 9.43. The van der Waals surface area contributed by atoms with Crippen molar-refractivity contribution in [2.45, 2.75) is 20.0 Å². The smallest absolute Gasteiger partial charge is 0.339 e. The lowest BCUT2D eigenvalue weighted by atomic mass is 9.98. The number of ether oxygens (including phenoxy) is 1. The molecule has 4 nitrogen and oxygen atoms in total. The highest BCUT2D eigenvalue weighted by Crippen LogP contribution is 2.43. The van der Waals surface area contributed by atoms with Crippen molar-refractivity contribution < 1.29 is 14.3 Å². The van der Waals surface area contributed by atoms with Gasteiger partial charge in [-0.05, 0) is 30.3 Å². The van der Waals surface area contributed by atoms with Gasteiger partial charge in [-0.3, -0.25) is 0 Å². The van der Waals surface area contributed by atoms with E-state index in [1.165, 1.54) is 6.07 Å². The lowest BCUT2D eigenvalue weighted by Gasteiger charge is -2.07. The molecular formula is C20H18O4. The van der Waals surface area contributed by atoms with Crippen molar-refractivity contribution in [1.82, 2.24) is 0 Å². The lowest BCUT2D eigenvalue weighted by molar-refractivity contribution is 0.321. The lowest BCUT2D eigenvalue weighted by Crippen LogP contribution is -2.07. The van der Waals surface area contributed by atoms with Crippen molar-refractivity contribution in [2.24, 2.45) is 0 Å². The summed E-state index contributed by atoms with van der Waals surface area (Å²) >= 11 is 0. The summed E-state index contributed by atoms with van der Waals surface area (Å²) in [5.74, 6) is 1.14. The maximum atomic E-state index is 11.8. The normalized spacial score (nSPS) is 16.9. The summed E-state index contributed by atoms with van der Waals surface area (Å²) in [6.07, 6.45) is 9.43. The SMILES string of the molecule is CC.O=c1cc2c(c(-c3ccc(O)cc3)o1)C1=CC=CC=CC1O2. The fourth-order valence-corrected chi connectivity index (χ4v) is 2.71. The Morgan fingerprint density at radius 2 is 1.79 bits per heavy atom. The van der Waals surface area contributed by atoms with Gasteiger partial charge in [0.15, 0.2) is 0 Å². The average molecular weight is 322 g/mol. The monoisotopic (exact) mass is 322 g/mol. The molecule has 1 aromatic carbocycles. The molecular weight excluding hydrogens is 304 g/mol. The van der Waals surface area contributed by atoms with E-state index in [1.54, 1.807) is 24.3 Å². The van der Waals surface area contributed by atoms with Crippen LogP contribution in [0.4, 0.5) is 0 Å². The number of phenols is 1. The average Bonchev–Trinajstić information content (AvgIpc) is 2.78. The Morgan fingerprint density at radius 1 is 1.04 bits per heavy atom. The van der Waals surface area contributed by atoms with Crippen LogP contribution in [0, 0.1) is 0 Å². The molecule has 1 aliphatic carbocycles. The van der Waals surface area contributed by atoms with Crippen LogP contribution in [0.1, 0.15) is 19.4 Å². The van der Waals surface area contributed by atoms with Gasteiger partial charge in [0.05, 0.1) is 11.6 Å². The molecule has 2 heterocycles. The van der Waals surface area contributed by atoms with Gasteiger partial charge in [-0.15, -0.1) is 0 Å². The number of phenolic OH excluding ortho intramolecular Hbond substituents is 1. The topological polar surface area (TPSA) is 59.7 Å². The second-order valence-electron chi connectivity index (χ2n) is 5.11. The fourth-order valence-electron chi connectivity index (χ4n) is 2.71. The first-order valence-corrected chi connectivity index (χ1v) is 7.92. The van der Waals surface area contributed by atoms with E-state index in [0.29, 0.717) is 17.1 Å². The quantitative estimate of drug-likeness (QED) is 0.850. The fraction of sp³-hybridized carbons (Fsp3) is 0.150. The second-order valence-corrected chi connectivity index (χ2v) is 5.11. The summed E-state index contributed by atoms with van der Waals surface area (Å²) in [6, 6.07) is 7.91. The number of rotatable bonds is 1. The van der Waals surface area contributed by atoms with E-state index < -0.39 is 5.63 Å². The summed E-state index contributed by atoms with van der Waals surface area (Å²) in [7, 11) is 0. The molecule has 4 rings (SSSR count). The number of allylic oxidation sites excluding steroid dienone is 4. The molecule has 0 saturated heterocycles. The van der Waals surface area contributed by atoms with E-state index in [9.17, 15) is 9.90 Å². The van der Waals surface area contributed by atoms with Crippen molar-refractivity contribution >= 4 is 5.57 Å². The summed E-state index contributed by atoms with van der Waals surface area (Å²) < 4.78 is 11.3. The Balaban J connectivity index is 0.000000815. The van der Waals surface area contributed by atoms with Gasteiger partial charge in [-0.1, -0.05) is 38.2 Å². The van der Waals surface area contributed by atoms with E-state index >= 15 is 0 Å². The molecule has 4 heteroatoms. The molecule has 0 radical (unpaired) electrons. The molecule has 1 unspecified atom stereocenters. The molecule has 2 aliphatic rings. The van der Waals surface area contributed by atoms with Gasteiger partial charge in [-0.2, -0.15) is 0 Å².